The fourth-order valence-corrected chi connectivity index (χ4v) is 3.42. The molecule has 0 bridgehead atoms. The van der Waals surface area contributed by atoms with Crippen LogP contribution in [0.2, 0.25) is 0 Å². The lowest BCUT2D eigenvalue weighted by molar-refractivity contribution is 0.634. The Bertz CT molecular complexity index is 471. The molecule has 0 fully saturated rings. The molecule has 0 saturated carbocycles. The van der Waals surface area contributed by atoms with Crippen LogP contribution < -0.4 is 15.7 Å². The highest BCUT2D eigenvalue weighted by molar-refractivity contribution is 7.71. The fourth-order valence-electron chi connectivity index (χ4n) is 1.64. The van der Waals surface area contributed by atoms with Crippen molar-refractivity contribution in [2.24, 2.45) is 0 Å². The number of benzene rings is 2. The zero-order valence-electron chi connectivity index (χ0n) is 9.32. The van der Waals surface area contributed by atoms with Crippen LogP contribution in [0.4, 0.5) is 8.78 Å². The van der Waals surface area contributed by atoms with Crippen molar-refractivity contribution in [1.82, 2.24) is 5.09 Å². The molecule has 0 spiro atoms. The second kappa shape index (κ2) is 5.35. The van der Waals surface area contributed by atoms with E-state index in [0.29, 0.717) is 10.6 Å². The summed E-state index contributed by atoms with van der Waals surface area (Å²) in [5.74, 6) is -0.618. The van der Waals surface area contributed by atoms with E-state index in [1.165, 1.54) is 12.1 Å². The SMILES string of the molecule is CNP(c1ccccc1F)c1ccccc1F. The highest BCUT2D eigenvalue weighted by Gasteiger charge is 2.18. The fraction of sp³-hybridized carbons (Fsp3) is 0.0769. The largest absolute Gasteiger partial charge is 0.291 e. The Labute approximate surface area is 100 Å². The maximum Gasteiger partial charge on any atom is 0.132 e. The van der Waals surface area contributed by atoms with Gasteiger partial charge in [0, 0.05) is 18.7 Å². The first-order valence-electron chi connectivity index (χ1n) is 5.20. The van der Waals surface area contributed by atoms with E-state index in [9.17, 15) is 8.78 Å². The first-order valence-corrected chi connectivity index (χ1v) is 6.55. The Morgan fingerprint density at radius 1 is 0.824 bits per heavy atom. The molecule has 0 saturated heterocycles. The summed E-state index contributed by atoms with van der Waals surface area (Å²) in [5, 5.41) is 4.02. The van der Waals surface area contributed by atoms with Gasteiger partial charge >= 0.3 is 0 Å². The van der Waals surface area contributed by atoms with Crippen LogP contribution in [0.25, 0.3) is 0 Å². The predicted octanol–water partition coefficient (Wildman–Crippen LogP) is 2.53. The molecule has 1 N–H and O–H groups in total. The van der Waals surface area contributed by atoms with E-state index in [2.05, 4.69) is 5.09 Å². The molecule has 0 atom stereocenters. The molecule has 0 aliphatic heterocycles. The molecule has 0 aliphatic carbocycles. The lowest BCUT2D eigenvalue weighted by atomic mass is 10.3. The smallest absolute Gasteiger partial charge is 0.132 e. The summed E-state index contributed by atoms with van der Waals surface area (Å²) in [7, 11) is 0.523. The van der Waals surface area contributed by atoms with Crippen LogP contribution in [0.5, 0.6) is 0 Å². The van der Waals surface area contributed by atoms with Gasteiger partial charge in [0.05, 0.1) is 0 Å². The summed E-state index contributed by atoms with van der Waals surface area (Å²) in [4.78, 5) is 0. The average Bonchev–Trinajstić information content (AvgIpc) is 2.34. The van der Waals surface area contributed by atoms with Gasteiger partial charge in [0.15, 0.2) is 0 Å². The van der Waals surface area contributed by atoms with E-state index < -0.39 is 8.07 Å². The van der Waals surface area contributed by atoms with Crippen molar-refractivity contribution in [1.29, 1.82) is 0 Å². The Morgan fingerprint density at radius 3 is 1.59 bits per heavy atom. The highest BCUT2D eigenvalue weighted by atomic mass is 31.1. The minimum absolute atomic E-state index is 0.309. The Kier molecular flexibility index (Phi) is 3.82. The highest BCUT2D eigenvalue weighted by Crippen LogP contribution is 2.29. The first kappa shape index (κ1) is 12.2. The Balaban J connectivity index is 2.48. The molecule has 4 heteroatoms. The third kappa shape index (κ3) is 2.51. The maximum absolute atomic E-state index is 13.7. The normalized spacial score (nSPS) is 10.8. The van der Waals surface area contributed by atoms with Gasteiger partial charge in [-0.2, -0.15) is 0 Å². The molecule has 0 heterocycles. The molecule has 0 unspecified atom stereocenters. The third-order valence-electron chi connectivity index (χ3n) is 2.41. The standard InChI is InChI=1S/C13H12F2NP/c1-16-17(12-8-4-2-6-10(12)14)13-9-5-3-7-11(13)15/h2-9,16H,1H3. The minimum atomic E-state index is -1.19. The van der Waals surface area contributed by atoms with Gasteiger partial charge in [-0.15, -0.1) is 0 Å². The summed E-state index contributed by atoms with van der Waals surface area (Å²) in [6.45, 7) is 0. The molecular weight excluding hydrogens is 239 g/mol. The summed E-state index contributed by atoms with van der Waals surface area (Å²) < 4.78 is 27.4. The summed E-state index contributed by atoms with van der Waals surface area (Å²) in [6, 6.07) is 12.9. The second-order valence-electron chi connectivity index (χ2n) is 3.46. The van der Waals surface area contributed by atoms with E-state index in [1.54, 1.807) is 43.4 Å². The summed E-state index contributed by atoms with van der Waals surface area (Å²) in [6.07, 6.45) is 0. The maximum atomic E-state index is 13.7. The molecule has 0 aromatic heterocycles. The third-order valence-corrected chi connectivity index (χ3v) is 4.55. The zero-order chi connectivity index (χ0) is 12.3. The van der Waals surface area contributed by atoms with Crippen molar-refractivity contribution in [3.05, 3.63) is 60.2 Å². The van der Waals surface area contributed by atoms with Crippen LogP contribution in [0.1, 0.15) is 0 Å². The monoisotopic (exact) mass is 251 g/mol. The second-order valence-corrected chi connectivity index (χ2v) is 5.54. The van der Waals surface area contributed by atoms with Gasteiger partial charge in [-0.05, 0) is 31.3 Å². The van der Waals surface area contributed by atoms with Gasteiger partial charge < -0.3 is 0 Å². The average molecular weight is 251 g/mol. The van der Waals surface area contributed by atoms with Gasteiger partial charge in [-0.1, -0.05) is 24.3 Å². The minimum Gasteiger partial charge on any atom is -0.291 e. The molecule has 2 aromatic rings. The molecular formula is C13H12F2NP. The van der Waals surface area contributed by atoms with E-state index in [4.69, 9.17) is 0 Å². The molecule has 2 aromatic carbocycles. The quantitative estimate of drug-likeness (QED) is 0.826. The number of rotatable bonds is 3. The number of nitrogens with one attached hydrogen (secondary N) is 1. The molecule has 0 aliphatic rings. The lowest BCUT2D eigenvalue weighted by Crippen LogP contribution is -2.24. The van der Waals surface area contributed by atoms with Crippen molar-refractivity contribution >= 4 is 18.7 Å². The number of hydrogen-bond acceptors (Lipinski definition) is 1. The van der Waals surface area contributed by atoms with Crippen LogP contribution in [0.15, 0.2) is 48.5 Å². The first-order chi connectivity index (χ1) is 8.24. The topological polar surface area (TPSA) is 12.0 Å². The molecule has 1 nitrogen and oxygen atoms in total. The van der Waals surface area contributed by atoms with E-state index >= 15 is 0 Å². The van der Waals surface area contributed by atoms with E-state index in [1.807, 2.05) is 0 Å². The van der Waals surface area contributed by atoms with E-state index in [0.717, 1.165) is 0 Å². The van der Waals surface area contributed by atoms with Crippen LogP contribution in [-0.2, 0) is 0 Å². The zero-order valence-corrected chi connectivity index (χ0v) is 10.2. The van der Waals surface area contributed by atoms with Crippen molar-refractivity contribution in [3.63, 3.8) is 0 Å². The lowest BCUT2D eigenvalue weighted by Gasteiger charge is -2.18. The van der Waals surface area contributed by atoms with Crippen LogP contribution in [0, 0.1) is 11.6 Å². The number of halogens is 2. The molecule has 0 radical (unpaired) electrons. The van der Waals surface area contributed by atoms with Gasteiger partial charge in [0.25, 0.3) is 0 Å². The van der Waals surface area contributed by atoms with Crippen molar-refractivity contribution in [2.45, 2.75) is 0 Å². The molecule has 17 heavy (non-hydrogen) atoms. The van der Waals surface area contributed by atoms with Crippen LogP contribution in [0.3, 0.4) is 0 Å². The molecule has 0 amide bonds. The number of hydrogen-bond donors (Lipinski definition) is 1. The van der Waals surface area contributed by atoms with Gasteiger partial charge in [0.2, 0.25) is 0 Å². The van der Waals surface area contributed by atoms with Crippen molar-refractivity contribution < 1.29 is 8.78 Å². The molecule has 2 rings (SSSR count). The summed E-state index contributed by atoms with van der Waals surface area (Å²) >= 11 is 0. The van der Waals surface area contributed by atoms with Gasteiger partial charge in [-0.25, -0.2) is 8.78 Å². The van der Waals surface area contributed by atoms with E-state index in [-0.39, 0.29) is 11.6 Å². The van der Waals surface area contributed by atoms with Crippen molar-refractivity contribution in [3.8, 4) is 0 Å². The van der Waals surface area contributed by atoms with Gasteiger partial charge in [0.1, 0.15) is 11.6 Å². The van der Waals surface area contributed by atoms with Crippen LogP contribution in [-0.4, -0.2) is 7.05 Å². The van der Waals surface area contributed by atoms with Crippen molar-refractivity contribution in [2.75, 3.05) is 7.05 Å². The predicted molar refractivity (Wildman–Crippen MR) is 68.0 cm³/mol. The Morgan fingerprint density at radius 2 is 1.24 bits per heavy atom. The summed E-state index contributed by atoms with van der Waals surface area (Å²) in [5.41, 5.74) is 0. The van der Waals surface area contributed by atoms with Crippen LogP contribution >= 0.6 is 8.07 Å². The Hall–Kier alpha value is -1.31. The molecule has 88 valence electrons. The van der Waals surface area contributed by atoms with Gasteiger partial charge in [-0.3, -0.25) is 5.09 Å².